The fourth-order valence-electron chi connectivity index (χ4n) is 4.00. The molecule has 1 aromatic carbocycles. The van der Waals surface area contributed by atoms with Crippen LogP contribution in [0.1, 0.15) is 19.4 Å². The van der Waals surface area contributed by atoms with Crippen molar-refractivity contribution in [2.24, 2.45) is 17.3 Å². The Morgan fingerprint density at radius 3 is 2.70 bits per heavy atom. The van der Waals surface area contributed by atoms with Crippen molar-refractivity contribution in [3.63, 3.8) is 0 Å². The molecule has 1 heterocycles. The van der Waals surface area contributed by atoms with E-state index in [2.05, 4.69) is 36.9 Å². The molecule has 1 aromatic rings. The SMILES string of the molecule is CC1(C)C=CC(=O)C2C(O)C(C#N)CN(Cc3ccccc3)C21. The van der Waals surface area contributed by atoms with Crippen LogP contribution in [0.25, 0.3) is 0 Å². The lowest BCUT2D eigenvalue weighted by Gasteiger charge is -2.52. The quantitative estimate of drug-likeness (QED) is 0.909. The Morgan fingerprint density at radius 2 is 2.04 bits per heavy atom. The van der Waals surface area contributed by atoms with E-state index < -0.39 is 17.9 Å². The normalized spacial score (nSPS) is 33.0. The van der Waals surface area contributed by atoms with Crippen molar-refractivity contribution in [2.75, 3.05) is 6.54 Å². The van der Waals surface area contributed by atoms with Gasteiger partial charge in [-0.05, 0) is 17.1 Å². The van der Waals surface area contributed by atoms with Gasteiger partial charge in [-0.2, -0.15) is 5.26 Å². The maximum Gasteiger partial charge on any atom is 0.162 e. The molecule has 0 amide bonds. The number of carbonyl (C=O) groups excluding carboxylic acids is 1. The highest BCUT2D eigenvalue weighted by Crippen LogP contribution is 2.43. The lowest BCUT2D eigenvalue weighted by molar-refractivity contribution is -0.138. The minimum atomic E-state index is -0.895. The van der Waals surface area contributed by atoms with Crippen LogP contribution in [0.2, 0.25) is 0 Å². The second-order valence-corrected chi connectivity index (χ2v) is 7.17. The summed E-state index contributed by atoms with van der Waals surface area (Å²) in [6.07, 6.45) is 2.62. The van der Waals surface area contributed by atoms with Crippen LogP contribution < -0.4 is 0 Å². The molecular weight excluding hydrogens is 288 g/mol. The number of rotatable bonds is 2. The summed E-state index contributed by atoms with van der Waals surface area (Å²) in [5.41, 5.74) is 0.923. The maximum absolute atomic E-state index is 12.4. The Hall–Kier alpha value is -1.96. The molecule has 4 heteroatoms. The molecule has 3 rings (SSSR count). The second-order valence-electron chi connectivity index (χ2n) is 7.17. The Labute approximate surface area is 137 Å². The highest BCUT2D eigenvalue weighted by atomic mass is 16.3. The Morgan fingerprint density at radius 1 is 1.35 bits per heavy atom. The monoisotopic (exact) mass is 310 g/mol. The molecule has 4 unspecified atom stereocenters. The molecule has 1 aliphatic carbocycles. The summed E-state index contributed by atoms with van der Waals surface area (Å²) in [7, 11) is 0. The molecule has 1 saturated heterocycles. The fraction of sp³-hybridized carbons (Fsp3) is 0.474. The number of aliphatic hydroxyl groups excluding tert-OH is 1. The molecule has 1 N–H and O–H groups in total. The van der Waals surface area contributed by atoms with E-state index in [4.69, 9.17) is 0 Å². The average Bonchev–Trinajstić information content (AvgIpc) is 2.53. The smallest absolute Gasteiger partial charge is 0.162 e. The van der Waals surface area contributed by atoms with Gasteiger partial charge >= 0.3 is 0 Å². The lowest BCUT2D eigenvalue weighted by Crippen LogP contribution is -2.63. The molecule has 0 bridgehead atoms. The number of hydrogen-bond donors (Lipinski definition) is 1. The number of hydrogen-bond acceptors (Lipinski definition) is 4. The number of piperidine rings is 1. The number of allylic oxidation sites excluding steroid dienone is 1. The van der Waals surface area contributed by atoms with Crippen LogP contribution in [0.4, 0.5) is 0 Å². The van der Waals surface area contributed by atoms with Gasteiger partial charge in [0, 0.05) is 19.1 Å². The van der Waals surface area contributed by atoms with Crippen molar-refractivity contribution in [1.82, 2.24) is 4.90 Å². The molecule has 23 heavy (non-hydrogen) atoms. The van der Waals surface area contributed by atoms with Gasteiger partial charge in [-0.1, -0.05) is 50.3 Å². The third-order valence-electron chi connectivity index (χ3n) is 5.11. The molecule has 4 nitrogen and oxygen atoms in total. The van der Waals surface area contributed by atoms with E-state index in [1.165, 1.54) is 0 Å². The summed E-state index contributed by atoms with van der Waals surface area (Å²) < 4.78 is 0. The summed E-state index contributed by atoms with van der Waals surface area (Å²) in [5, 5.41) is 19.9. The van der Waals surface area contributed by atoms with E-state index in [1.807, 2.05) is 24.3 Å². The minimum absolute atomic E-state index is 0.0696. The van der Waals surface area contributed by atoms with Gasteiger partial charge in [-0.25, -0.2) is 0 Å². The zero-order chi connectivity index (χ0) is 16.6. The van der Waals surface area contributed by atoms with Crippen LogP contribution in [0, 0.1) is 28.6 Å². The molecule has 120 valence electrons. The highest BCUT2D eigenvalue weighted by Gasteiger charge is 2.52. The van der Waals surface area contributed by atoms with Gasteiger partial charge in [0.25, 0.3) is 0 Å². The molecule has 1 fully saturated rings. The standard InChI is InChI=1S/C19H22N2O2/c1-19(2)9-8-15(22)16-17(23)14(10-20)12-21(18(16)19)11-13-6-4-3-5-7-13/h3-9,14,16-18,23H,11-12H2,1-2H3. The summed E-state index contributed by atoms with van der Waals surface area (Å²) in [4.78, 5) is 14.6. The number of fused-ring (bicyclic) bond motifs is 1. The van der Waals surface area contributed by atoms with Crippen molar-refractivity contribution in [1.29, 1.82) is 5.26 Å². The maximum atomic E-state index is 12.4. The summed E-state index contributed by atoms with van der Waals surface area (Å²) in [6.45, 7) is 5.34. The number of carbonyl (C=O) groups is 1. The predicted molar refractivity (Wildman–Crippen MR) is 87.2 cm³/mol. The van der Waals surface area contributed by atoms with E-state index in [1.54, 1.807) is 6.08 Å². The Balaban J connectivity index is 1.98. The summed E-state index contributed by atoms with van der Waals surface area (Å²) in [5.74, 6) is -1.14. The third kappa shape index (κ3) is 2.83. The Kier molecular flexibility index (Phi) is 4.09. The minimum Gasteiger partial charge on any atom is -0.391 e. The number of nitriles is 1. The molecule has 0 spiro atoms. The molecule has 2 aliphatic rings. The molecule has 1 aliphatic heterocycles. The lowest BCUT2D eigenvalue weighted by atomic mass is 9.65. The van der Waals surface area contributed by atoms with Crippen LogP contribution in [0.3, 0.4) is 0 Å². The largest absolute Gasteiger partial charge is 0.391 e. The average molecular weight is 310 g/mol. The van der Waals surface area contributed by atoms with E-state index in [9.17, 15) is 15.2 Å². The van der Waals surface area contributed by atoms with Gasteiger partial charge < -0.3 is 5.11 Å². The van der Waals surface area contributed by atoms with Crippen molar-refractivity contribution >= 4 is 5.78 Å². The van der Waals surface area contributed by atoms with Gasteiger partial charge in [0.1, 0.15) is 0 Å². The first-order valence-corrected chi connectivity index (χ1v) is 8.03. The van der Waals surface area contributed by atoms with Crippen LogP contribution in [0.15, 0.2) is 42.5 Å². The fourth-order valence-corrected chi connectivity index (χ4v) is 4.00. The first-order chi connectivity index (χ1) is 10.9. The predicted octanol–water partition coefficient (Wildman–Crippen LogP) is 2.15. The zero-order valence-corrected chi connectivity index (χ0v) is 13.5. The summed E-state index contributed by atoms with van der Waals surface area (Å²) >= 11 is 0. The van der Waals surface area contributed by atoms with Crippen molar-refractivity contribution in [3.05, 3.63) is 48.0 Å². The van der Waals surface area contributed by atoms with Crippen molar-refractivity contribution < 1.29 is 9.90 Å². The van der Waals surface area contributed by atoms with Crippen LogP contribution >= 0.6 is 0 Å². The number of benzene rings is 1. The molecule has 0 saturated carbocycles. The van der Waals surface area contributed by atoms with Gasteiger partial charge in [-0.3, -0.25) is 9.69 Å². The Bertz CT molecular complexity index is 660. The first-order valence-electron chi connectivity index (χ1n) is 8.03. The zero-order valence-electron chi connectivity index (χ0n) is 13.5. The van der Waals surface area contributed by atoms with Crippen LogP contribution in [0.5, 0.6) is 0 Å². The van der Waals surface area contributed by atoms with Gasteiger partial charge in [0.15, 0.2) is 5.78 Å². The third-order valence-corrected chi connectivity index (χ3v) is 5.11. The molecule has 0 radical (unpaired) electrons. The van der Waals surface area contributed by atoms with Gasteiger partial charge in [0.2, 0.25) is 0 Å². The molecular formula is C19H22N2O2. The van der Waals surface area contributed by atoms with Crippen LogP contribution in [-0.2, 0) is 11.3 Å². The second kappa shape index (κ2) is 5.92. The van der Waals surface area contributed by atoms with E-state index in [0.29, 0.717) is 13.1 Å². The number of aliphatic hydroxyl groups is 1. The number of ketones is 1. The van der Waals surface area contributed by atoms with Gasteiger partial charge in [0.05, 0.1) is 24.0 Å². The van der Waals surface area contributed by atoms with Crippen molar-refractivity contribution in [3.8, 4) is 6.07 Å². The van der Waals surface area contributed by atoms with E-state index in [0.717, 1.165) is 5.56 Å². The first kappa shape index (κ1) is 15.9. The summed E-state index contributed by atoms with van der Waals surface area (Å²) in [6, 6.07) is 12.1. The topological polar surface area (TPSA) is 64.3 Å². The number of nitrogens with zero attached hydrogens (tertiary/aromatic N) is 2. The molecule has 0 aromatic heterocycles. The van der Waals surface area contributed by atoms with Crippen LogP contribution in [-0.4, -0.2) is 34.5 Å². The van der Waals surface area contributed by atoms with E-state index >= 15 is 0 Å². The number of likely N-dealkylation sites (tertiary alicyclic amines) is 1. The molecule has 4 atom stereocenters. The van der Waals surface area contributed by atoms with Gasteiger partial charge in [-0.15, -0.1) is 0 Å². The highest BCUT2D eigenvalue weighted by molar-refractivity contribution is 5.94. The van der Waals surface area contributed by atoms with Crippen molar-refractivity contribution in [2.45, 2.75) is 32.5 Å². The van der Waals surface area contributed by atoms with E-state index in [-0.39, 0.29) is 17.2 Å².